The summed E-state index contributed by atoms with van der Waals surface area (Å²) in [6, 6.07) is 6.88. The number of nitrogens with two attached hydrogens (primary N) is 1. The summed E-state index contributed by atoms with van der Waals surface area (Å²) in [6.45, 7) is 5.63. The summed E-state index contributed by atoms with van der Waals surface area (Å²) in [6.07, 6.45) is 0.370. The van der Waals surface area contributed by atoms with Crippen LogP contribution in [0.2, 0.25) is 0 Å². The van der Waals surface area contributed by atoms with E-state index in [1.54, 1.807) is 24.3 Å². The minimum Gasteiger partial charge on any atom is -0.387 e. The summed E-state index contributed by atoms with van der Waals surface area (Å²) >= 11 is 0. The van der Waals surface area contributed by atoms with Crippen molar-refractivity contribution < 1.29 is 8.42 Å². The first kappa shape index (κ1) is 15.5. The molecule has 0 saturated heterocycles. The molecule has 0 aromatic heterocycles. The van der Waals surface area contributed by atoms with E-state index in [0.29, 0.717) is 12.1 Å². The predicted octanol–water partition coefficient (Wildman–Crippen LogP) is 1.95. The van der Waals surface area contributed by atoms with E-state index in [4.69, 9.17) is 11.1 Å². The lowest BCUT2D eigenvalue weighted by Crippen LogP contribution is -2.26. The van der Waals surface area contributed by atoms with Crippen molar-refractivity contribution in [3.8, 4) is 0 Å². The maximum Gasteiger partial charge on any atom is 0.233 e. The Labute approximate surface area is 114 Å². The summed E-state index contributed by atoms with van der Waals surface area (Å²) in [4.78, 5) is 0. The Bertz CT molecular complexity index is 542. The van der Waals surface area contributed by atoms with E-state index in [2.05, 4.69) is 4.72 Å². The molecule has 6 heteroatoms. The van der Waals surface area contributed by atoms with Crippen LogP contribution in [0.4, 0.5) is 5.69 Å². The van der Waals surface area contributed by atoms with Gasteiger partial charge in [0.1, 0.15) is 0 Å². The first-order valence-electron chi connectivity index (χ1n) is 6.00. The molecule has 0 heterocycles. The maximum atomic E-state index is 11.9. The molecular formula is C13H21N3O2S. The fourth-order valence-corrected chi connectivity index (χ4v) is 3.40. The third-order valence-corrected chi connectivity index (χ3v) is 4.04. The molecule has 0 bridgehead atoms. The predicted molar refractivity (Wildman–Crippen MR) is 78.9 cm³/mol. The van der Waals surface area contributed by atoms with Crippen LogP contribution in [0.5, 0.6) is 0 Å². The van der Waals surface area contributed by atoms with Crippen molar-refractivity contribution in [2.45, 2.75) is 27.2 Å². The van der Waals surface area contributed by atoms with Gasteiger partial charge < -0.3 is 5.73 Å². The molecule has 4 N–H and O–H groups in total. The lowest BCUT2D eigenvalue weighted by molar-refractivity contribution is 0.463. The highest BCUT2D eigenvalue weighted by Crippen LogP contribution is 2.19. The summed E-state index contributed by atoms with van der Waals surface area (Å²) in [5, 5.41) is 7.19. The van der Waals surface area contributed by atoms with Gasteiger partial charge in [-0.2, -0.15) is 0 Å². The van der Waals surface area contributed by atoms with Gasteiger partial charge in [-0.1, -0.05) is 32.9 Å². The van der Waals surface area contributed by atoms with E-state index in [1.165, 1.54) is 0 Å². The number of amidine groups is 1. The van der Waals surface area contributed by atoms with Crippen LogP contribution in [0.3, 0.4) is 0 Å². The van der Waals surface area contributed by atoms with Gasteiger partial charge in [0.2, 0.25) is 10.0 Å². The average molecular weight is 283 g/mol. The van der Waals surface area contributed by atoms with Crippen LogP contribution in [-0.4, -0.2) is 20.0 Å². The summed E-state index contributed by atoms with van der Waals surface area (Å²) in [7, 11) is -3.35. The van der Waals surface area contributed by atoms with Gasteiger partial charge in [0, 0.05) is 12.1 Å². The molecule has 0 saturated carbocycles. The van der Waals surface area contributed by atoms with Crippen molar-refractivity contribution in [2.24, 2.45) is 11.1 Å². The van der Waals surface area contributed by atoms with Crippen LogP contribution in [0, 0.1) is 10.8 Å². The van der Waals surface area contributed by atoms with E-state index < -0.39 is 10.0 Å². The topological polar surface area (TPSA) is 96.0 Å². The molecule has 19 heavy (non-hydrogen) atoms. The molecule has 1 aromatic carbocycles. The standard InChI is InChI=1S/C13H21N3O2S/c1-13(2,3)9-19(17,18)16-11-6-4-10(5-7-11)8-12(14)15/h4-7,16H,8-9H2,1-3H3,(H3,14,15). The zero-order valence-electron chi connectivity index (χ0n) is 11.5. The minimum absolute atomic E-state index is 0.0647. The number of anilines is 1. The highest BCUT2D eigenvalue weighted by Gasteiger charge is 2.21. The van der Waals surface area contributed by atoms with Crippen LogP contribution in [0.1, 0.15) is 26.3 Å². The van der Waals surface area contributed by atoms with Crippen LogP contribution in [0.15, 0.2) is 24.3 Å². The molecule has 0 radical (unpaired) electrons. The molecule has 0 unspecified atom stereocenters. The second-order valence-electron chi connectivity index (χ2n) is 5.82. The maximum absolute atomic E-state index is 11.9. The van der Waals surface area contributed by atoms with Gasteiger partial charge >= 0.3 is 0 Å². The van der Waals surface area contributed by atoms with E-state index in [-0.39, 0.29) is 17.0 Å². The van der Waals surface area contributed by atoms with E-state index in [9.17, 15) is 8.42 Å². The van der Waals surface area contributed by atoms with E-state index in [1.807, 2.05) is 20.8 Å². The highest BCUT2D eigenvalue weighted by molar-refractivity contribution is 7.92. The molecular weight excluding hydrogens is 262 g/mol. The van der Waals surface area contributed by atoms with E-state index in [0.717, 1.165) is 5.56 Å². The van der Waals surface area contributed by atoms with Gasteiger partial charge in [0.25, 0.3) is 0 Å². The number of nitrogens with one attached hydrogen (secondary N) is 2. The molecule has 1 aromatic rings. The zero-order chi connectivity index (χ0) is 14.7. The molecule has 0 amide bonds. The van der Waals surface area contributed by atoms with Crippen molar-refractivity contribution in [3.63, 3.8) is 0 Å². The molecule has 5 nitrogen and oxygen atoms in total. The Morgan fingerprint density at radius 3 is 2.21 bits per heavy atom. The molecule has 1 rings (SSSR count). The lowest BCUT2D eigenvalue weighted by Gasteiger charge is -2.18. The van der Waals surface area contributed by atoms with Crippen molar-refractivity contribution >= 4 is 21.5 Å². The van der Waals surface area contributed by atoms with Gasteiger partial charge in [-0.3, -0.25) is 10.1 Å². The smallest absolute Gasteiger partial charge is 0.233 e. The average Bonchev–Trinajstić information content (AvgIpc) is 2.15. The number of hydrogen-bond donors (Lipinski definition) is 3. The summed E-state index contributed by atoms with van der Waals surface area (Å²) in [5.41, 5.74) is 6.42. The van der Waals surface area contributed by atoms with Crippen LogP contribution >= 0.6 is 0 Å². The molecule has 0 spiro atoms. The largest absolute Gasteiger partial charge is 0.387 e. The fraction of sp³-hybridized carbons (Fsp3) is 0.462. The number of sulfonamides is 1. The van der Waals surface area contributed by atoms with Gasteiger partial charge in [-0.25, -0.2) is 8.42 Å². The third-order valence-electron chi connectivity index (χ3n) is 2.24. The normalized spacial score (nSPS) is 12.2. The Morgan fingerprint density at radius 2 is 1.79 bits per heavy atom. The van der Waals surface area contributed by atoms with Gasteiger partial charge in [-0.15, -0.1) is 0 Å². The van der Waals surface area contributed by atoms with E-state index >= 15 is 0 Å². The lowest BCUT2D eigenvalue weighted by atomic mass is 10.0. The van der Waals surface area contributed by atoms with Crippen LogP contribution < -0.4 is 10.5 Å². The monoisotopic (exact) mass is 283 g/mol. The number of rotatable bonds is 5. The molecule has 0 atom stereocenters. The first-order valence-corrected chi connectivity index (χ1v) is 7.65. The number of hydrogen-bond acceptors (Lipinski definition) is 3. The van der Waals surface area contributed by atoms with Crippen molar-refractivity contribution in [1.82, 2.24) is 0 Å². The zero-order valence-corrected chi connectivity index (χ0v) is 12.3. The third kappa shape index (κ3) is 6.24. The SMILES string of the molecule is CC(C)(C)CS(=O)(=O)Nc1ccc(CC(=N)N)cc1. The quantitative estimate of drug-likeness (QED) is 0.569. The van der Waals surface area contributed by atoms with Gasteiger partial charge in [0.05, 0.1) is 11.6 Å². The van der Waals surface area contributed by atoms with Crippen molar-refractivity contribution in [3.05, 3.63) is 29.8 Å². The number of benzene rings is 1. The van der Waals surface area contributed by atoms with Crippen molar-refractivity contribution in [1.29, 1.82) is 5.41 Å². The van der Waals surface area contributed by atoms with Crippen molar-refractivity contribution in [2.75, 3.05) is 10.5 Å². The van der Waals surface area contributed by atoms with Crippen LogP contribution in [0.25, 0.3) is 0 Å². The summed E-state index contributed by atoms with van der Waals surface area (Å²) < 4.78 is 26.4. The molecule has 0 fully saturated rings. The Kier molecular flexibility index (Phi) is 4.57. The Hall–Kier alpha value is -1.56. The van der Waals surface area contributed by atoms with Crippen LogP contribution in [-0.2, 0) is 16.4 Å². The highest BCUT2D eigenvalue weighted by atomic mass is 32.2. The second kappa shape index (κ2) is 5.61. The fourth-order valence-electron chi connectivity index (χ4n) is 1.70. The molecule has 0 aliphatic heterocycles. The first-order chi connectivity index (χ1) is 8.57. The molecule has 0 aliphatic rings. The van der Waals surface area contributed by atoms with Gasteiger partial charge in [-0.05, 0) is 23.1 Å². The minimum atomic E-state index is -3.35. The van der Waals surface area contributed by atoms with Gasteiger partial charge in [0.15, 0.2) is 0 Å². The molecule has 106 valence electrons. The molecule has 0 aliphatic carbocycles. The summed E-state index contributed by atoms with van der Waals surface area (Å²) in [5.74, 6) is 0.149. The second-order valence-corrected chi connectivity index (χ2v) is 7.54. The Balaban J connectivity index is 2.75. The Morgan fingerprint density at radius 1 is 1.26 bits per heavy atom.